The molecule has 1 aliphatic rings. The first kappa shape index (κ1) is 16.9. The van der Waals surface area contributed by atoms with Crippen molar-refractivity contribution in [3.05, 3.63) is 71.9 Å². The van der Waals surface area contributed by atoms with E-state index in [0.717, 1.165) is 43.5 Å². The number of quaternary nitrogens is 1. The summed E-state index contributed by atoms with van der Waals surface area (Å²) in [6.07, 6.45) is 3.91. The number of hydrogen-bond donors (Lipinski definition) is 2. The zero-order chi connectivity index (χ0) is 18.0. The Labute approximate surface area is 154 Å². The number of rotatable bonds is 5. The fourth-order valence-electron chi connectivity index (χ4n) is 4.37. The third kappa shape index (κ3) is 3.37. The number of likely N-dealkylation sites (tertiary alicyclic amines) is 1. The minimum absolute atomic E-state index is 0.0278. The number of amides is 1. The van der Waals surface area contributed by atoms with E-state index < -0.39 is 0 Å². The van der Waals surface area contributed by atoms with Crippen LogP contribution in [0.4, 0.5) is 0 Å². The molecule has 3 N–H and O–H groups in total. The number of primary amides is 1. The number of carbonyl (C=O) groups excluding carboxylic acids is 1. The molecule has 3 aromatic rings. The van der Waals surface area contributed by atoms with Gasteiger partial charge in [-0.25, -0.2) is 0 Å². The lowest BCUT2D eigenvalue weighted by atomic mass is 9.93. The van der Waals surface area contributed by atoms with Gasteiger partial charge in [0.25, 0.3) is 0 Å². The van der Waals surface area contributed by atoms with Crippen LogP contribution < -0.4 is 5.73 Å². The highest BCUT2D eigenvalue weighted by Gasteiger charge is 2.36. The van der Waals surface area contributed by atoms with Crippen molar-refractivity contribution < 1.29 is 9.28 Å². The first-order valence-corrected chi connectivity index (χ1v) is 9.39. The van der Waals surface area contributed by atoms with Crippen LogP contribution in [0.15, 0.2) is 60.8 Å². The first-order chi connectivity index (χ1) is 12.7. The number of benzene rings is 2. The molecule has 0 spiro atoms. The van der Waals surface area contributed by atoms with E-state index in [4.69, 9.17) is 5.73 Å². The van der Waals surface area contributed by atoms with Crippen molar-refractivity contribution in [3.8, 4) is 0 Å². The molecule has 4 nitrogen and oxygen atoms in total. The second-order valence-corrected chi connectivity index (χ2v) is 7.63. The number of fused-ring (bicyclic) bond motifs is 1. The molecule has 1 fully saturated rings. The van der Waals surface area contributed by atoms with Crippen LogP contribution in [-0.4, -0.2) is 28.5 Å². The molecule has 1 aromatic heterocycles. The molecule has 4 rings (SSSR count). The molecule has 0 bridgehead atoms. The molecule has 0 aliphatic carbocycles. The third-order valence-corrected chi connectivity index (χ3v) is 5.85. The maximum Gasteiger partial charge on any atom is 0.220 e. The molecule has 0 saturated carbocycles. The second kappa shape index (κ2) is 6.96. The minimum Gasteiger partial charge on any atom is -0.369 e. The summed E-state index contributed by atoms with van der Waals surface area (Å²) in [6, 6.07) is 19.2. The van der Waals surface area contributed by atoms with Gasteiger partial charge in [-0.3, -0.25) is 4.79 Å². The van der Waals surface area contributed by atoms with Crippen molar-refractivity contribution >= 4 is 16.8 Å². The maximum atomic E-state index is 11.6. The molecule has 0 radical (unpaired) electrons. The monoisotopic (exact) mass is 348 g/mol. The van der Waals surface area contributed by atoms with E-state index in [-0.39, 0.29) is 11.8 Å². The number of hydrogen-bond acceptors (Lipinski definition) is 1. The summed E-state index contributed by atoms with van der Waals surface area (Å²) in [5.41, 5.74) is 9.46. The van der Waals surface area contributed by atoms with Crippen molar-refractivity contribution in [2.45, 2.75) is 25.9 Å². The summed E-state index contributed by atoms with van der Waals surface area (Å²) >= 11 is 0. The van der Waals surface area contributed by atoms with Crippen molar-refractivity contribution in [3.63, 3.8) is 0 Å². The van der Waals surface area contributed by atoms with E-state index >= 15 is 0 Å². The standard InChI is InChI=1S/C22H25N3O/c23-22(26)18-10-12-25(13-11-18,15-17-6-2-1-3-7-17)16-19-14-24-21-9-5-4-8-20(19)21/h1-9,14,18,24H,10-13,15-16H2,(H-,23,26)/p+1. The predicted octanol–water partition coefficient (Wildman–Crippen LogP) is 3.58. The van der Waals surface area contributed by atoms with Crippen molar-refractivity contribution in [2.24, 2.45) is 11.7 Å². The van der Waals surface area contributed by atoms with Crippen molar-refractivity contribution in [1.82, 2.24) is 4.98 Å². The van der Waals surface area contributed by atoms with Gasteiger partial charge in [0.15, 0.2) is 0 Å². The largest absolute Gasteiger partial charge is 0.369 e. The number of nitrogens with two attached hydrogens (primary N) is 1. The van der Waals surface area contributed by atoms with Crippen LogP contribution in [-0.2, 0) is 17.9 Å². The lowest BCUT2D eigenvalue weighted by Crippen LogP contribution is -2.53. The Morgan fingerprint density at radius 2 is 1.69 bits per heavy atom. The fraction of sp³-hybridized carbons (Fsp3) is 0.318. The Balaban J connectivity index is 1.63. The normalized spacial score (nSPS) is 23.2. The molecule has 2 aromatic carbocycles. The zero-order valence-corrected chi connectivity index (χ0v) is 15.0. The lowest BCUT2D eigenvalue weighted by molar-refractivity contribution is -0.958. The number of nitrogens with zero attached hydrogens (tertiary/aromatic N) is 1. The zero-order valence-electron chi connectivity index (χ0n) is 15.0. The van der Waals surface area contributed by atoms with Gasteiger partial charge < -0.3 is 15.2 Å². The Hall–Kier alpha value is -2.59. The van der Waals surface area contributed by atoms with Crippen LogP contribution >= 0.6 is 0 Å². The Morgan fingerprint density at radius 1 is 1.00 bits per heavy atom. The van der Waals surface area contributed by atoms with Crippen molar-refractivity contribution in [1.29, 1.82) is 0 Å². The van der Waals surface area contributed by atoms with Gasteiger partial charge in [-0.15, -0.1) is 0 Å². The lowest BCUT2D eigenvalue weighted by Gasteiger charge is -2.43. The number of piperidine rings is 1. The van der Waals surface area contributed by atoms with E-state index in [2.05, 4.69) is 65.8 Å². The van der Waals surface area contributed by atoms with Crippen LogP contribution in [0.1, 0.15) is 24.0 Å². The topological polar surface area (TPSA) is 58.9 Å². The fourth-order valence-corrected chi connectivity index (χ4v) is 4.37. The molecule has 0 atom stereocenters. The van der Waals surface area contributed by atoms with Gasteiger partial charge in [0, 0.05) is 47.0 Å². The highest BCUT2D eigenvalue weighted by molar-refractivity contribution is 5.82. The van der Waals surface area contributed by atoms with E-state index in [9.17, 15) is 4.79 Å². The predicted molar refractivity (Wildman–Crippen MR) is 104 cm³/mol. The van der Waals surface area contributed by atoms with E-state index in [0.29, 0.717) is 0 Å². The summed E-state index contributed by atoms with van der Waals surface area (Å²) in [6.45, 7) is 3.94. The van der Waals surface area contributed by atoms with Gasteiger partial charge in [0.2, 0.25) is 5.91 Å². The minimum atomic E-state index is -0.144. The SMILES string of the molecule is NC(=O)C1CC[N+](Cc2ccccc2)(Cc2c[nH]c3ccccc23)CC1. The maximum absolute atomic E-state index is 11.6. The average Bonchev–Trinajstić information content (AvgIpc) is 3.06. The third-order valence-electron chi connectivity index (χ3n) is 5.85. The van der Waals surface area contributed by atoms with Crippen LogP contribution in [0, 0.1) is 5.92 Å². The van der Waals surface area contributed by atoms with Gasteiger partial charge in [0.1, 0.15) is 13.1 Å². The molecule has 1 saturated heterocycles. The molecule has 1 aliphatic heterocycles. The summed E-state index contributed by atoms with van der Waals surface area (Å²) in [4.78, 5) is 15.0. The molecular formula is C22H26N3O+. The number of H-pyrrole nitrogens is 1. The van der Waals surface area contributed by atoms with Gasteiger partial charge in [-0.1, -0.05) is 48.5 Å². The number of aromatic amines is 1. The van der Waals surface area contributed by atoms with E-state index in [1.54, 1.807) is 0 Å². The molecular weight excluding hydrogens is 322 g/mol. The quantitative estimate of drug-likeness (QED) is 0.680. The number of para-hydroxylation sites is 1. The van der Waals surface area contributed by atoms with Crippen LogP contribution in [0.2, 0.25) is 0 Å². The summed E-state index contributed by atoms with van der Waals surface area (Å²) < 4.78 is 0.982. The van der Waals surface area contributed by atoms with Crippen molar-refractivity contribution in [2.75, 3.05) is 13.1 Å². The van der Waals surface area contributed by atoms with Gasteiger partial charge in [-0.05, 0) is 6.07 Å². The second-order valence-electron chi connectivity index (χ2n) is 7.63. The number of aromatic nitrogens is 1. The summed E-state index contributed by atoms with van der Waals surface area (Å²) in [5, 5.41) is 1.30. The molecule has 26 heavy (non-hydrogen) atoms. The molecule has 1 amide bonds. The smallest absolute Gasteiger partial charge is 0.220 e. The van der Waals surface area contributed by atoms with Gasteiger partial charge in [-0.2, -0.15) is 0 Å². The molecule has 134 valence electrons. The summed E-state index contributed by atoms with van der Waals surface area (Å²) in [7, 11) is 0. The Kier molecular flexibility index (Phi) is 4.51. The van der Waals surface area contributed by atoms with E-state index in [1.165, 1.54) is 22.0 Å². The molecule has 4 heteroatoms. The van der Waals surface area contributed by atoms with Gasteiger partial charge >= 0.3 is 0 Å². The van der Waals surface area contributed by atoms with Crippen LogP contribution in [0.3, 0.4) is 0 Å². The molecule has 0 unspecified atom stereocenters. The Bertz CT molecular complexity index is 892. The van der Waals surface area contributed by atoms with E-state index in [1.807, 2.05) is 0 Å². The highest BCUT2D eigenvalue weighted by atomic mass is 16.1. The number of nitrogens with one attached hydrogen (secondary N) is 1. The summed E-state index contributed by atoms with van der Waals surface area (Å²) in [5.74, 6) is -0.116. The highest BCUT2D eigenvalue weighted by Crippen LogP contribution is 2.31. The Morgan fingerprint density at radius 3 is 2.42 bits per heavy atom. The first-order valence-electron chi connectivity index (χ1n) is 9.39. The number of carbonyl (C=O) groups is 1. The van der Waals surface area contributed by atoms with Gasteiger partial charge in [0.05, 0.1) is 13.1 Å². The van der Waals surface area contributed by atoms with Crippen LogP contribution in [0.25, 0.3) is 10.9 Å². The molecule has 2 heterocycles. The average molecular weight is 348 g/mol. The van der Waals surface area contributed by atoms with Crippen LogP contribution in [0.5, 0.6) is 0 Å².